The smallest absolute Gasteiger partial charge is 0.251 e. The summed E-state index contributed by atoms with van der Waals surface area (Å²) in [4.78, 5) is 11.8. The third-order valence-electron chi connectivity index (χ3n) is 3.05. The Morgan fingerprint density at radius 1 is 1.15 bits per heavy atom. The molecule has 0 saturated carbocycles. The maximum atomic E-state index is 11.8. The Bertz CT molecular complexity index is 774. The molecule has 0 aliphatic carbocycles. The van der Waals surface area contributed by atoms with Crippen molar-refractivity contribution in [1.82, 2.24) is 19.6 Å². The van der Waals surface area contributed by atoms with Crippen LogP contribution in [0.25, 0.3) is 5.69 Å². The zero-order valence-electron chi connectivity index (χ0n) is 11.1. The topological polar surface area (TPSA) is 52.7 Å². The first-order valence-corrected chi connectivity index (χ1v) is 6.36. The number of para-hydroxylation sites is 1. The number of hydrogen-bond donors (Lipinski definition) is 0. The first kappa shape index (κ1) is 12.3. The molecule has 3 aromatic rings. The highest BCUT2D eigenvalue weighted by atomic mass is 16.1. The van der Waals surface area contributed by atoms with E-state index in [4.69, 9.17) is 0 Å². The second kappa shape index (κ2) is 5.13. The second-order valence-electron chi connectivity index (χ2n) is 4.66. The molecule has 0 bridgehead atoms. The molecule has 0 fully saturated rings. The lowest BCUT2D eigenvalue weighted by atomic mass is 10.3. The number of hydrogen-bond acceptors (Lipinski definition) is 3. The third kappa shape index (κ3) is 2.51. The lowest BCUT2D eigenvalue weighted by Gasteiger charge is -2.02. The van der Waals surface area contributed by atoms with E-state index < -0.39 is 0 Å². The summed E-state index contributed by atoms with van der Waals surface area (Å²) in [6, 6.07) is 13.3. The van der Waals surface area contributed by atoms with Crippen molar-refractivity contribution in [2.75, 3.05) is 0 Å². The maximum absolute atomic E-state index is 11.8. The van der Waals surface area contributed by atoms with Crippen molar-refractivity contribution in [2.45, 2.75) is 13.5 Å². The van der Waals surface area contributed by atoms with Crippen molar-refractivity contribution < 1.29 is 0 Å². The molecule has 0 N–H and O–H groups in total. The van der Waals surface area contributed by atoms with E-state index in [-0.39, 0.29) is 5.56 Å². The Hall–Kier alpha value is -2.69. The summed E-state index contributed by atoms with van der Waals surface area (Å²) in [6.07, 6.45) is 3.61. The van der Waals surface area contributed by atoms with Gasteiger partial charge in [0, 0.05) is 12.3 Å². The fourth-order valence-corrected chi connectivity index (χ4v) is 1.99. The predicted octanol–water partition coefficient (Wildman–Crippen LogP) is 1.79. The summed E-state index contributed by atoms with van der Waals surface area (Å²) in [7, 11) is 0. The first-order valence-electron chi connectivity index (χ1n) is 6.36. The molecule has 0 unspecified atom stereocenters. The molecule has 20 heavy (non-hydrogen) atoms. The molecule has 3 rings (SSSR count). The molecule has 0 radical (unpaired) electrons. The molecule has 0 aliphatic rings. The van der Waals surface area contributed by atoms with Crippen LogP contribution in [0.3, 0.4) is 0 Å². The van der Waals surface area contributed by atoms with E-state index in [0.717, 1.165) is 16.9 Å². The van der Waals surface area contributed by atoms with Crippen molar-refractivity contribution >= 4 is 0 Å². The summed E-state index contributed by atoms with van der Waals surface area (Å²) in [5.74, 6) is 0. The van der Waals surface area contributed by atoms with Gasteiger partial charge in [0.25, 0.3) is 5.56 Å². The van der Waals surface area contributed by atoms with E-state index in [2.05, 4.69) is 10.3 Å². The number of aryl methyl sites for hydroxylation is 1. The van der Waals surface area contributed by atoms with E-state index in [1.165, 1.54) is 0 Å². The normalized spacial score (nSPS) is 10.7. The first-order chi connectivity index (χ1) is 9.72. The Balaban J connectivity index is 1.86. The van der Waals surface area contributed by atoms with E-state index in [0.29, 0.717) is 6.54 Å². The Kier molecular flexibility index (Phi) is 3.16. The summed E-state index contributed by atoms with van der Waals surface area (Å²) < 4.78 is 3.32. The van der Waals surface area contributed by atoms with Gasteiger partial charge in [-0.1, -0.05) is 23.4 Å². The highest BCUT2D eigenvalue weighted by Gasteiger charge is 2.04. The fourth-order valence-electron chi connectivity index (χ4n) is 1.99. The van der Waals surface area contributed by atoms with Gasteiger partial charge in [0.05, 0.1) is 18.4 Å². The SMILES string of the molecule is Cc1ccn(Cc2cn(-c3ccccc3)nn2)c(=O)c1. The van der Waals surface area contributed by atoms with Gasteiger partial charge in [0.1, 0.15) is 5.69 Å². The highest BCUT2D eigenvalue weighted by molar-refractivity contribution is 5.29. The monoisotopic (exact) mass is 266 g/mol. The van der Waals surface area contributed by atoms with Crippen LogP contribution in [-0.4, -0.2) is 19.6 Å². The van der Waals surface area contributed by atoms with Crippen LogP contribution >= 0.6 is 0 Å². The number of aromatic nitrogens is 4. The summed E-state index contributed by atoms with van der Waals surface area (Å²) in [5, 5.41) is 8.19. The van der Waals surface area contributed by atoms with Crippen LogP contribution in [0.5, 0.6) is 0 Å². The van der Waals surface area contributed by atoms with Crippen molar-refractivity contribution in [3.63, 3.8) is 0 Å². The van der Waals surface area contributed by atoms with Gasteiger partial charge >= 0.3 is 0 Å². The van der Waals surface area contributed by atoms with Gasteiger partial charge in [0.15, 0.2) is 0 Å². The van der Waals surface area contributed by atoms with E-state index >= 15 is 0 Å². The van der Waals surface area contributed by atoms with Crippen molar-refractivity contribution in [1.29, 1.82) is 0 Å². The van der Waals surface area contributed by atoms with Crippen LogP contribution in [0, 0.1) is 6.92 Å². The quantitative estimate of drug-likeness (QED) is 0.726. The zero-order valence-corrected chi connectivity index (χ0v) is 11.1. The Morgan fingerprint density at radius 3 is 2.70 bits per heavy atom. The van der Waals surface area contributed by atoms with Gasteiger partial charge in [-0.05, 0) is 30.7 Å². The van der Waals surface area contributed by atoms with Crippen LogP contribution in [0.15, 0.2) is 59.7 Å². The van der Waals surface area contributed by atoms with Crippen molar-refractivity contribution in [2.24, 2.45) is 0 Å². The lowest BCUT2D eigenvalue weighted by Crippen LogP contribution is -2.19. The molecule has 0 saturated heterocycles. The molecule has 0 amide bonds. The third-order valence-corrected chi connectivity index (χ3v) is 3.05. The standard InChI is InChI=1S/C15H14N4O/c1-12-7-8-18(15(20)9-12)10-13-11-19(17-16-13)14-5-3-2-4-6-14/h2-9,11H,10H2,1H3. The summed E-state index contributed by atoms with van der Waals surface area (Å²) in [5.41, 5.74) is 2.63. The fraction of sp³-hybridized carbons (Fsp3) is 0.133. The highest BCUT2D eigenvalue weighted by Crippen LogP contribution is 2.06. The van der Waals surface area contributed by atoms with Crippen LogP contribution in [0.4, 0.5) is 0 Å². The molecule has 0 spiro atoms. The number of benzene rings is 1. The van der Waals surface area contributed by atoms with Gasteiger partial charge in [-0.2, -0.15) is 0 Å². The minimum atomic E-state index is -0.0285. The van der Waals surface area contributed by atoms with Crippen molar-refractivity contribution in [3.05, 3.63) is 76.5 Å². The second-order valence-corrected chi connectivity index (χ2v) is 4.66. The van der Waals surface area contributed by atoms with Gasteiger partial charge in [-0.15, -0.1) is 5.10 Å². The molecular formula is C15H14N4O. The van der Waals surface area contributed by atoms with Gasteiger partial charge < -0.3 is 4.57 Å². The van der Waals surface area contributed by atoms with Gasteiger partial charge in [0.2, 0.25) is 0 Å². The van der Waals surface area contributed by atoms with Gasteiger partial charge in [-0.3, -0.25) is 4.79 Å². The predicted molar refractivity (Wildman–Crippen MR) is 75.9 cm³/mol. The number of rotatable bonds is 3. The summed E-state index contributed by atoms with van der Waals surface area (Å²) in [6.45, 7) is 2.32. The Morgan fingerprint density at radius 2 is 1.95 bits per heavy atom. The molecular weight excluding hydrogens is 252 g/mol. The molecule has 100 valence electrons. The molecule has 5 nitrogen and oxygen atoms in total. The van der Waals surface area contributed by atoms with E-state index in [9.17, 15) is 4.79 Å². The minimum absolute atomic E-state index is 0.0285. The lowest BCUT2D eigenvalue weighted by molar-refractivity contribution is 0.729. The zero-order chi connectivity index (χ0) is 13.9. The number of pyridine rings is 1. The molecule has 0 atom stereocenters. The molecule has 2 aromatic heterocycles. The van der Waals surface area contributed by atoms with Gasteiger partial charge in [-0.25, -0.2) is 4.68 Å². The largest absolute Gasteiger partial charge is 0.309 e. The molecule has 2 heterocycles. The minimum Gasteiger partial charge on any atom is -0.309 e. The Labute approximate surface area is 116 Å². The maximum Gasteiger partial charge on any atom is 0.251 e. The average Bonchev–Trinajstić information content (AvgIpc) is 2.92. The van der Waals surface area contributed by atoms with Crippen LogP contribution in [0.2, 0.25) is 0 Å². The van der Waals surface area contributed by atoms with Crippen molar-refractivity contribution in [3.8, 4) is 5.69 Å². The van der Waals surface area contributed by atoms with E-state index in [1.54, 1.807) is 21.5 Å². The summed E-state index contributed by atoms with van der Waals surface area (Å²) >= 11 is 0. The van der Waals surface area contributed by atoms with Crippen LogP contribution in [0.1, 0.15) is 11.3 Å². The molecule has 1 aromatic carbocycles. The molecule has 5 heteroatoms. The van der Waals surface area contributed by atoms with E-state index in [1.807, 2.05) is 49.5 Å². The molecule has 0 aliphatic heterocycles. The average molecular weight is 266 g/mol. The number of nitrogens with zero attached hydrogens (tertiary/aromatic N) is 4. The van der Waals surface area contributed by atoms with Crippen LogP contribution in [-0.2, 0) is 6.54 Å². The van der Waals surface area contributed by atoms with Crippen LogP contribution < -0.4 is 5.56 Å².